The lowest BCUT2D eigenvalue weighted by molar-refractivity contribution is 0.0724. The van der Waals surface area contributed by atoms with Crippen molar-refractivity contribution in [2.75, 3.05) is 13.1 Å². The van der Waals surface area contributed by atoms with E-state index in [0.29, 0.717) is 12.1 Å². The van der Waals surface area contributed by atoms with E-state index in [1.54, 1.807) is 0 Å². The van der Waals surface area contributed by atoms with E-state index in [2.05, 4.69) is 16.6 Å². The quantitative estimate of drug-likeness (QED) is 0.809. The summed E-state index contributed by atoms with van der Waals surface area (Å²) in [5.74, 6) is 2.83. The number of benzene rings is 1. The van der Waals surface area contributed by atoms with E-state index < -0.39 is 0 Å². The molecule has 1 aliphatic rings. The molecule has 0 saturated carbocycles. The van der Waals surface area contributed by atoms with Crippen LogP contribution in [0.25, 0.3) is 0 Å². The molecule has 0 bridgehead atoms. The highest BCUT2D eigenvalue weighted by atomic mass is 16.2. The van der Waals surface area contributed by atoms with Crippen LogP contribution in [0.4, 0.5) is 4.79 Å². The summed E-state index contributed by atoms with van der Waals surface area (Å²) >= 11 is 0. The van der Waals surface area contributed by atoms with Crippen LogP contribution in [0.5, 0.6) is 0 Å². The van der Waals surface area contributed by atoms with Crippen LogP contribution >= 0.6 is 0 Å². The highest BCUT2D eigenvalue weighted by Gasteiger charge is 2.18. The van der Waals surface area contributed by atoms with E-state index in [1.807, 2.05) is 43.0 Å². The van der Waals surface area contributed by atoms with Gasteiger partial charge < -0.3 is 15.5 Å². The molecule has 0 spiro atoms. The molecule has 1 aromatic carbocycles. The van der Waals surface area contributed by atoms with Crippen molar-refractivity contribution in [1.82, 2.24) is 15.5 Å². The lowest BCUT2D eigenvalue weighted by Crippen LogP contribution is -2.43. The van der Waals surface area contributed by atoms with E-state index >= 15 is 0 Å². The van der Waals surface area contributed by atoms with Gasteiger partial charge in [0.1, 0.15) is 0 Å². The number of hydrogen-bond acceptors (Lipinski definition) is 2. The second-order valence-electron chi connectivity index (χ2n) is 6.77. The fourth-order valence-corrected chi connectivity index (χ4v) is 2.82. The summed E-state index contributed by atoms with van der Waals surface area (Å²) in [6.07, 6.45) is 8.77. The van der Waals surface area contributed by atoms with Crippen molar-refractivity contribution in [1.29, 1.82) is 0 Å². The largest absolute Gasteiger partial charge is 0.339 e. The van der Waals surface area contributed by atoms with Crippen molar-refractivity contribution >= 4 is 11.9 Å². The number of nitrogens with one attached hydrogen (secondary N) is 2. The van der Waals surface area contributed by atoms with E-state index in [0.717, 1.165) is 31.5 Å². The van der Waals surface area contributed by atoms with Gasteiger partial charge in [-0.3, -0.25) is 4.79 Å². The molecule has 2 rings (SSSR count). The summed E-state index contributed by atoms with van der Waals surface area (Å²) in [5.41, 5.74) is 1.63. The van der Waals surface area contributed by atoms with Crippen molar-refractivity contribution in [3.63, 3.8) is 0 Å². The molecule has 2 N–H and O–H groups in total. The van der Waals surface area contributed by atoms with Gasteiger partial charge in [-0.15, -0.1) is 6.42 Å². The van der Waals surface area contributed by atoms with Gasteiger partial charge in [0.15, 0.2) is 0 Å². The van der Waals surface area contributed by atoms with Crippen LogP contribution in [-0.2, 0) is 6.54 Å². The average molecular weight is 341 g/mol. The number of amides is 3. The first-order valence-electron chi connectivity index (χ1n) is 8.90. The molecule has 25 heavy (non-hydrogen) atoms. The van der Waals surface area contributed by atoms with Gasteiger partial charge in [-0.05, 0) is 42.9 Å². The van der Waals surface area contributed by atoms with Crippen LogP contribution < -0.4 is 10.6 Å². The maximum atomic E-state index is 12.4. The molecule has 0 radical (unpaired) electrons. The zero-order chi connectivity index (χ0) is 18.2. The second kappa shape index (κ2) is 9.12. The molecular weight excluding hydrogens is 314 g/mol. The van der Waals surface area contributed by atoms with Crippen LogP contribution in [0.15, 0.2) is 24.3 Å². The molecule has 5 nitrogen and oxygen atoms in total. The Labute approximate surface area is 150 Å². The predicted molar refractivity (Wildman–Crippen MR) is 99.0 cm³/mol. The zero-order valence-corrected chi connectivity index (χ0v) is 15.0. The first-order valence-corrected chi connectivity index (χ1v) is 8.90. The van der Waals surface area contributed by atoms with Gasteiger partial charge in [-0.25, -0.2) is 4.79 Å². The number of piperidine rings is 1. The Morgan fingerprint density at radius 3 is 2.36 bits per heavy atom. The molecule has 0 aliphatic carbocycles. The van der Waals surface area contributed by atoms with Crippen molar-refractivity contribution in [3.05, 3.63) is 35.4 Å². The molecule has 1 aromatic rings. The van der Waals surface area contributed by atoms with E-state index in [4.69, 9.17) is 6.42 Å². The lowest BCUT2D eigenvalue weighted by Gasteiger charge is -2.26. The van der Waals surface area contributed by atoms with Gasteiger partial charge in [0.2, 0.25) is 0 Å². The fourth-order valence-electron chi connectivity index (χ4n) is 2.82. The van der Waals surface area contributed by atoms with Gasteiger partial charge in [-0.2, -0.15) is 0 Å². The van der Waals surface area contributed by atoms with Crippen molar-refractivity contribution in [3.8, 4) is 12.3 Å². The highest BCUT2D eigenvalue weighted by molar-refractivity contribution is 5.94. The zero-order valence-electron chi connectivity index (χ0n) is 15.0. The lowest BCUT2D eigenvalue weighted by atomic mass is 10.1. The number of hydrogen-bond donors (Lipinski definition) is 2. The Bertz CT molecular complexity index is 625. The fraction of sp³-hybridized carbons (Fsp3) is 0.500. The molecule has 0 aromatic heterocycles. The number of urea groups is 1. The molecule has 1 heterocycles. The molecule has 3 amide bonds. The minimum atomic E-state index is -0.287. The van der Waals surface area contributed by atoms with E-state index in [-0.39, 0.29) is 23.9 Å². The summed E-state index contributed by atoms with van der Waals surface area (Å²) in [5, 5.41) is 5.55. The van der Waals surface area contributed by atoms with Crippen LogP contribution in [0.1, 0.15) is 49.0 Å². The monoisotopic (exact) mass is 341 g/mol. The Hall–Kier alpha value is -2.48. The molecule has 1 saturated heterocycles. The van der Waals surface area contributed by atoms with Crippen LogP contribution in [-0.4, -0.2) is 36.0 Å². The molecule has 1 atom stereocenters. The number of carbonyl (C=O) groups excluding carboxylic acids is 2. The van der Waals surface area contributed by atoms with Gasteiger partial charge in [-0.1, -0.05) is 31.9 Å². The van der Waals surface area contributed by atoms with E-state index in [9.17, 15) is 9.59 Å². The van der Waals surface area contributed by atoms with Crippen LogP contribution in [0, 0.1) is 18.3 Å². The normalized spacial score (nSPS) is 15.4. The average Bonchev–Trinajstić information content (AvgIpc) is 2.64. The maximum absolute atomic E-state index is 12.4. The summed E-state index contributed by atoms with van der Waals surface area (Å²) in [7, 11) is 0. The van der Waals surface area contributed by atoms with Crippen LogP contribution in [0.2, 0.25) is 0 Å². The first-order chi connectivity index (χ1) is 12.0. The third-order valence-electron chi connectivity index (χ3n) is 4.43. The topological polar surface area (TPSA) is 61.4 Å². The molecular formula is C20H27N3O2. The number of terminal acetylenes is 1. The molecule has 1 fully saturated rings. The number of likely N-dealkylation sites (tertiary alicyclic amines) is 1. The Morgan fingerprint density at radius 2 is 1.80 bits per heavy atom. The summed E-state index contributed by atoms with van der Waals surface area (Å²) in [4.78, 5) is 26.2. The maximum Gasteiger partial charge on any atom is 0.316 e. The summed E-state index contributed by atoms with van der Waals surface area (Å²) in [6.45, 7) is 5.99. The van der Waals surface area contributed by atoms with Gasteiger partial charge >= 0.3 is 6.03 Å². The minimum absolute atomic E-state index is 0.0887. The first kappa shape index (κ1) is 18.9. The second-order valence-corrected chi connectivity index (χ2v) is 6.77. The van der Waals surface area contributed by atoms with Crippen molar-refractivity contribution < 1.29 is 9.59 Å². The molecule has 0 unspecified atom stereocenters. The predicted octanol–water partition coefficient (Wildman–Crippen LogP) is 2.77. The standard InChI is InChI=1S/C20H27N3O2/c1-4-18(15(2)3)22-20(25)21-14-16-8-10-17(11-9-16)19(24)23-12-6-5-7-13-23/h1,8-11,15,18H,5-7,12-14H2,2-3H3,(H2,21,22,25)/t18-/m0/s1. The summed E-state index contributed by atoms with van der Waals surface area (Å²) in [6, 6.07) is 6.82. The van der Waals surface area contributed by atoms with E-state index in [1.165, 1.54) is 6.42 Å². The smallest absolute Gasteiger partial charge is 0.316 e. The third-order valence-corrected chi connectivity index (χ3v) is 4.43. The van der Waals surface area contributed by atoms with Crippen LogP contribution in [0.3, 0.4) is 0 Å². The number of carbonyl (C=O) groups is 2. The van der Waals surface area contributed by atoms with Gasteiger partial charge in [0, 0.05) is 25.2 Å². The highest BCUT2D eigenvalue weighted by Crippen LogP contribution is 2.14. The number of nitrogens with zero attached hydrogens (tertiary/aromatic N) is 1. The van der Waals surface area contributed by atoms with Crippen molar-refractivity contribution in [2.24, 2.45) is 5.92 Å². The molecule has 5 heteroatoms. The van der Waals surface area contributed by atoms with Crippen molar-refractivity contribution in [2.45, 2.75) is 45.7 Å². The minimum Gasteiger partial charge on any atom is -0.339 e. The third kappa shape index (κ3) is 5.53. The Kier molecular flexibility index (Phi) is 6.88. The molecule has 134 valence electrons. The Balaban J connectivity index is 1.85. The number of rotatable bonds is 5. The molecule has 1 aliphatic heterocycles. The summed E-state index contributed by atoms with van der Waals surface area (Å²) < 4.78 is 0. The van der Waals surface area contributed by atoms with Gasteiger partial charge in [0.05, 0.1) is 6.04 Å². The Morgan fingerprint density at radius 1 is 1.16 bits per heavy atom. The SMILES string of the molecule is C#C[C@H](NC(=O)NCc1ccc(C(=O)N2CCCCC2)cc1)C(C)C. The van der Waals surface area contributed by atoms with Gasteiger partial charge in [0.25, 0.3) is 5.91 Å².